The van der Waals surface area contributed by atoms with E-state index >= 15 is 0 Å². The van der Waals surface area contributed by atoms with E-state index in [0.717, 1.165) is 72.0 Å². The zero-order valence-electron chi connectivity index (χ0n) is 19.3. The average Bonchev–Trinajstić information content (AvgIpc) is 3.33. The number of H-pyrrole nitrogens is 1. The quantitative estimate of drug-likeness (QED) is 0.389. The summed E-state index contributed by atoms with van der Waals surface area (Å²) < 4.78 is 0. The van der Waals surface area contributed by atoms with Gasteiger partial charge in [0.05, 0.1) is 5.52 Å². The van der Waals surface area contributed by atoms with Crippen molar-refractivity contribution in [2.24, 2.45) is 0 Å². The van der Waals surface area contributed by atoms with Crippen LogP contribution in [-0.4, -0.2) is 46.1 Å². The first kappa shape index (κ1) is 21.4. The Kier molecular flexibility index (Phi) is 6.21. The van der Waals surface area contributed by atoms with Gasteiger partial charge in [-0.25, -0.2) is 9.97 Å². The molecule has 2 aromatic carbocycles. The Bertz CT molecular complexity index is 1190. The number of nitrogens with one attached hydrogen (secondary N) is 3. The van der Waals surface area contributed by atoms with E-state index in [-0.39, 0.29) is 0 Å². The van der Waals surface area contributed by atoms with Crippen LogP contribution in [-0.2, 0) is 6.54 Å². The summed E-state index contributed by atoms with van der Waals surface area (Å²) in [5.41, 5.74) is 3.21. The van der Waals surface area contributed by atoms with E-state index in [9.17, 15) is 0 Å². The second-order valence-electron chi connectivity index (χ2n) is 8.98. The van der Waals surface area contributed by atoms with Crippen molar-refractivity contribution in [3.63, 3.8) is 0 Å². The molecule has 1 aliphatic rings. The van der Waals surface area contributed by atoms with Crippen molar-refractivity contribution in [2.75, 3.05) is 24.3 Å². The lowest BCUT2D eigenvalue weighted by Crippen LogP contribution is -2.37. The standard InChI is InChI=1S/C26H31N7/c1-33(2)25-22-10-6-7-11-23(22)31-26(32-25)30-20-14-12-19(13-15-20)27-16-21-17-28-24(29-21)18-8-4-3-5-9-18/h3-11,17,19-20,27H,12-16H2,1-2H3,(H,28,29)(H,30,31,32). The Morgan fingerprint density at radius 3 is 2.42 bits per heavy atom. The maximum Gasteiger partial charge on any atom is 0.225 e. The molecular formula is C26H31N7. The van der Waals surface area contributed by atoms with Gasteiger partial charge in [0.25, 0.3) is 0 Å². The van der Waals surface area contributed by atoms with Crippen molar-refractivity contribution in [3.05, 3.63) is 66.5 Å². The third-order valence-corrected chi connectivity index (χ3v) is 6.32. The van der Waals surface area contributed by atoms with Gasteiger partial charge in [-0.15, -0.1) is 0 Å². The smallest absolute Gasteiger partial charge is 0.225 e. The second kappa shape index (κ2) is 9.58. The summed E-state index contributed by atoms with van der Waals surface area (Å²) >= 11 is 0. The maximum absolute atomic E-state index is 4.79. The number of hydrogen-bond donors (Lipinski definition) is 3. The molecule has 2 aromatic heterocycles. The van der Waals surface area contributed by atoms with Gasteiger partial charge in [0, 0.05) is 55.6 Å². The van der Waals surface area contributed by atoms with Crippen LogP contribution in [0.1, 0.15) is 31.4 Å². The first-order chi connectivity index (χ1) is 16.2. The lowest BCUT2D eigenvalue weighted by molar-refractivity contribution is 0.351. The Morgan fingerprint density at radius 1 is 0.909 bits per heavy atom. The molecule has 0 radical (unpaired) electrons. The number of rotatable bonds is 7. The van der Waals surface area contributed by atoms with Gasteiger partial charge in [-0.2, -0.15) is 4.98 Å². The molecule has 0 saturated heterocycles. The van der Waals surface area contributed by atoms with E-state index in [1.54, 1.807) is 0 Å². The Labute approximate surface area is 194 Å². The zero-order valence-corrected chi connectivity index (χ0v) is 19.3. The summed E-state index contributed by atoms with van der Waals surface area (Å²) in [5.74, 6) is 2.60. The molecule has 0 aliphatic heterocycles. The van der Waals surface area contributed by atoms with Crippen molar-refractivity contribution in [1.82, 2.24) is 25.3 Å². The van der Waals surface area contributed by atoms with E-state index in [4.69, 9.17) is 9.97 Å². The highest BCUT2D eigenvalue weighted by Crippen LogP contribution is 2.26. The molecule has 2 heterocycles. The molecule has 0 amide bonds. The largest absolute Gasteiger partial charge is 0.362 e. The molecule has 0 atom stereocenters. The second-order valence-corrected chi connectivity index (χ2v) is 8.98. The SMILES string of the molecule is CN(C)c1nc(NC2CCC(NCc3cnc(-c4ccccc4)[nH]3)CC2)nc2ccccc12. The van der Waals surface area contributed by atoms with E-state index in [2.05, 4.69) is 49.8 Å². The lowest BCUT2D eigenvalue weighted by Gasteiger charge is -2.30. The van der Waals surface area contributed by atoms with Crippen LogP contribution in [0.3, 0.4) is 0 Å². The number of anilines is 2. The highest BCUT2D eigenvalue weighted by Gasteiger charge is 2.22. The predicted molar refractivity (Wildman–Crippen MR) is 134 cm³/mol. The van der Waals surface area contributed by atoms with Crippen LogP contribution in [0.2, 0.25) is 0 Å². The van der Waals surface area contributed by atoms with Crippen molar-refractivity contribution in [2.45, 2.75) is 44.3 Å². The summed E-state index contributed by atoms with van der Waals surface area (Å²) in [4.78, 5) is 19.6. The maximum atomic E-state index is 4.79. The summed E-state index contributed by atoms with van der Waals surface area (Å²) in [6, 6.07) is 19.3. The summed E-state index contributed by atoms with van der Waals surface area (Å²) in [6.07, 6.45) is 6.39. The van der Waals surface area contributed by atoms with Crippen molar-refractivity contribution in [1.29, 1.82) is 0 Å². The Morgan fingerprint density at radius 2 is 1.64 bits per heavy atom. The molecule has 1 saturated carbocycles. The first-order valence-corrected chi connectivity index (χ1v) is 11.7. The van der Waals surface area contributed by atoms with Crippen LogP contribution in [0.25, 0.3) is 22.3 Å². The fourth-order valence-corrected chi connectivity index (χ4v) is 4.54. The molecule has 7 heteroatoms. The predicted octanol–water partition coefficient (Wildman–Crippen LogP) is 4.60. The van der Waals surface area contributed by atoms with E-state index < -0.39 is 0 Å². The molecule has 7 nitrogen and oxygen atoms in total. The van der Waals surface area contributed by atoms with Gasteiger partial charge >= 0.3 is 0 Å². The normalized spacial score (nSPS) is 18.4. The van der Waals surface area contributed by atoms with Crippen molar-refractivity contribution in [3.8, 4) is 11.4 Å². The fourth-order valence-electron chi connectivity index (χ4n) is 4.54. The van der Waals surface area contributed by atoms with Gasteiger partial charge in [0.2, 0.25) is 5.95 Å². The minimum Gasteiger partial charge on any atom is -0.362 e. The number of aromatic amines is 1. The van der Waals surface area contributed by atoms with E-state index in [1.807, 2.05) is 50.6 Å². The minimum atomic E-state index is 0.399. The number of benzene rings is 2. The number of fused-ring (bicyclic) bond motifs is 1. The molecular weight excluding hydrogens is 410 g/mol. The van der Waals surface area contributed by atoms with Gasteiger partial charge < -0.3 is 20.5 Å². The molecule has 33 heavy (non-hydrogen) atoms. The molecule has 5 rings (SSSR count). The Balaban J connectivity index is 1.15. The van der Waals surface area contributed by atoms with Gasteiger partial charge in [-0.3, -0.25) is 0 Å². The molecule has 1 aliphatic carbocycles. The van der Waals surface area contributed by atoms with Crippen LogP contribution in [0.5, 0.6) is 0 Å². The zero-order chi connectivity index (χ0) is 22.6. The van der Waals surface area contributed by atoms with Gasteiger partial charge in [-0.05, 0) is 37.8 Å². The van der Waals surface area contributed by atoms with E-state index in [1.165, 1.54) is 0 Å². The van der Waals surface area contributed by atoms with E-state index in [0.29, 0.717) is 12.1 Å². The lowest BCUT2D eigenvalue weighted by atomic mass is 9.91. The first-order valence-electron chi connectivity index (χ1n) is 11.7. The van der Waals surface area contributed by atoms with Crippen LogP contribution in [0.4, 0.5) is 11.8 Å². The number of nitrogens with zero attached hydrogens (tertiary/aromatic N) is 4. The highest BCUT2D eigenvalue weighted by atomic mass is 15.2. The molecule has 170 valence electrons. The van der Waals surface area contributed by atoms with Crippen LogP contribution >= 0.6 is 0 Å². The Hall–Kier alpha value is -3.45. The van der Waals surface area contributed by atoms with Gasteiger partial charge in [0.15, 0.2) is 0 Å². The fraction of sp³-hybridized carbons (Fsp3) is 0.346. The number of para-hydroxylation sites is 1. The third-order valence-electron chi connectivity index (χ3n) is 6.32. The monoisotopic (exact) mass is 441 g/mol. The topological polar surface area (TPSA) is 81.8 Å². The van der Waals surface area contributed by atoms with Gasteiger partial charge in [0.1, 0.15) is 11.6 Å². The minimum absolute atomic E-state index is 0.399. The third kappa shape index (κ3) is 4.98. The number of aromatic nitrogens is 4. The summed E-state index contributed by atoms with van der Waals surface area (Å²) in [7, 11) is 4.05. The summed E-state index contributed by atoms with van der Waals surface area (Å²) in [5, 5.41) is 8.37. The summed E-state index contributed by atoms with van der Waals surface area (Å²) in [6.45, 7) is 0.808. The molecule has 0 spiro atoms. The van der Waals surface area contributed by atoms with Crippen LogP contribution in [0, 0.1) is 0 Å². The molecule has 1 fully saturated rings. The van der Waals surface area contributed by atoms with Crippen LogP contribution < -0.4 is 15.5 Å². The van der Waals surface area contributed by atoms with Crippen molar-refractivity contribution < 1.29 is 0 Å². The number of hydrogen-bond acceptors (Lipinski definition) is 6. The van der Waals surface area contributed by atoms with Gasteiger partial charge in [-0.1, -0.05) is 42.5 Å². The molecule has 0 bridgehead atoms. The average molecular weight is 442 g/mol. The van der Waals surface area contributed by atoms with Crippen molar-refractivity contribution >= 4 is 22.7 Å². The molecule has 0 unspecified atom stereocenters. The van der Waals surface area contributed by atoms with Crippen LogP contribution in [0.15, 0.2) is 60.8 Å². The highest BCUT2D eigenvalue weighted by molar-refractivity contribution is 5.90. The molecule has 3 N–H and O–H groups in total. The molecule has 4 aromatic rings. The number of imidazole rings is 1.